The highest BCUT2D eigenvalue weighted by Gasteiger charge is 2.28. The smallest absolute Gasteiger partial charge is 0.255 e. The summed E-state index contributed by atoms with van der Waals surface area (Å²) in [5, 5.41) is 9.14. The van der Waals surface area contributed by atoms with Crippen molar-refractivity contribution in [3.63, 3.8) is 0 Å². The minimum atomic E-state index is -0.295. The van der Waals surface area contributed by atoms with Crippen LogP contribution in [0.25, 0.3) is 0 Å². The minimum absolute atomic E-state index is 0.0572. The Hall–Kier alpha value is -1.46. The molecule has 1 aromatic heterocycles. The second kappa shape index (κ2) is 5.46. The molecule has 2 unspecified atom stereocenters. The molecule has 0 saturated carbocycles. The van der Waals surface area contributed by atoms with E-state index >= 15 is 0 Å². The summed E-state index contributed by atoms with van der Waals surface area (Å²) in [6.45, 7) is 4.68. The highest BCUT2D eigenvalue weighted by molar-refractivity contribution is 5.94. The van der Waals surface area contributed by atoms with Gasteiger partial charge in [0.05, 0.1) is 24.4 Å². The number of rotatable bonds is 2. The van der Waals surface area contributed by atoms with Crippen molar-refractivity contribution in [1.82, 2.24) is 9.88 Å². The molecule has 0 bridgehead atoms. The van der Waals surface area contributed by atoms with Gasteiger partial charge in [-0.3, -0.25) is 9.78 Å². The number of morpholine rings is 1. The number of aryl methyl sites for hydroxylation is 1. The second-order valence-corrected chi connectivity index (χ2v) is 4.65. The van der Waals surface area contributed by atoms with Crippen molar-refractivity contribution in [2.75, 3.05) is 19.7 Å². The summed E-state index contributed by atoms with van der Waals surface area (Å²) in [6, 6.07) is 3.60. The molecule has 0 aliphatic carbocycles. The quantitative estimate of drug-likeness (QED) is 0.835. The molecule has 5 heteroatoms. The van der Waals surface area contributed by atoms with Gasteiger partial charge in [-0.2, -0.15) is 0 Å². The zero-order chi connectivity index (χ0) is 13.1. The molecule has 1 aliphatic rings. The Morgan fingerprint density at radius 3 is 2.94 bits per heavy atom. The maximum absolute atomic E-state index is 12.3. The Kier molecular flexibility index (Phi) is 3.93. The van der Waals surface area contributed by atoms with Crippen LogP contribution in [0.2, 0.25) is 0 Å². The summed E-state index contributed by atoms with van der Waals surface area (Å²) < 4.78 is 5.51. The molecule has 98 valence electrons. The van der Waals surface area contributed by atoms with Crippen molar-refractivity contribution < 1.29 is 14.6 Å². The zero-order valence-corrected chi connectivity index (χ0v) is 10.7. The molecule has 1 saturated heterocycles. The Bertz CT molecular complexity index is 419. The van der Waals surface area contributed by atoms with E-state index in [9.17, 15) is 4.79 Å². The van der Waals surface area contributed by atoms with Gasteiger partial charge >= 0.3 is 0 Å². The number of carbonyl (C=O) groups excluding carboxylic acids is 1. The van der Waals surface area contributed by atoms with Crippen molar-refractivity contribution in [3.8, 4) is 0 Å². The molecule has 1 aromatic rings. The van der Waals surface area contributed by atoms with E-state index in [0.29, 0.717) is 18.7 Å². The molecule has 5 nitrogen and oxygen atoms in total. The monoisotopic (exact) mass is 250 g/mol. The fourth-order valence-corrected chi connectivity index (χ4v) is 2.09. The number of carbonyl (C=O) groups is 1. The highest BCUT2D eigenvalue weighted by Crippen LogP contribution is 2.14. The minimum Gasteiger partial charge on any atom is -0.394 e. The first-order valence-corrected chi connectivity index (χ1v) is 6.08. The lowest BCUT2D eigenvalue weighted by Gasteiger charge is -2.36. The predicted molar refractivity (Wildman–Crippen MR) is 66.3 cm³/mol. The Balaban J connectivity index is 2.10. The maximum atomic E-state index is 12.3. The number of ether oxygens (including phenoxy) is 1. The number of aliphatic hydroxyl groups excluding tert-OH is 1. The van der Waals surface area contributed by atoms with Crippen LogP contribution in [0, 0.1) is 6.92 Å². The van der Waals surface area contributed by atoms with E-state index in [2.05, 4.69) is 4.98 Å². The molecule has 1 aliphatic heterocycles. The lowest BCUT2D eigenvalue weighted by molar-refractivity contribution is -0.0858. The van der Waals surface area contributed by atoms with Gasteiger partial charge in [-0.05, 0) is 26.0 Å². The summed E-state index contributed by atoms with van der Waals surface area (Å²) in [6.07, 6.45) is 1.24. The summed E-state index contributed by atoms with van der Waals surface area (Å²) in [4.78, 5) is 18.1. The van der Waals surface area contributed by atoms with Gasteiger partial charge in [0.15, 0.2) is 0 Å². The summed E-state index contributed by atoms with van der Waals surface area (Å²) in [7, 11) is 0. The highest BCUT2D eigenvalue weighted by atomic mass is 16.5. The Labute approximate surface area is 106 Å². The summed E-state index contributed by atoms with van der Waals surface area (Å²) in [5.74, 6) is -0.0592. The van der Waals surface area contributed by atoms with Crippen LogP contribution in [-0.4, -0.2) is 52.8 Å². The third-order valence-corrected chi connectivity index (χ3v) is 2.98. The number of pyridine rings is 1. The van der Waals surface area contributed by atoms with Crippen molar-refractivity contribution in [1.29, 1.82) is 0 Å². The molecule has 2 rings (SSSR count). The van der Waals surface area contributed by atoms with Gasteiger partial charge < -0.3 is 14.7 Å². The first kappa shape index (κ1) is 13.0. The molecule has 1 N–H and O–H groups in total. The van der Waals surface area contributed by atoms with Crippen molar-refractivity contribution in [2.45, 2.75) is 26.1 Å². The van der Waals surface area contributed by atoms with Crippen LogP contribution < -0.4 is 0 Å². The standard InChI is InChI=1S/C13H18N2O3/c1-9-3-4-11(5-14-9)13(17)15-6-10(2)18-12(7-15)8-16/h3-5,10,12,16H,6-8H2,1-2H3. The van der Waals surface area contributed by atoms with Crippen LogP contribution in [0.4, 0.5) is 0 Å². The fraction of sp³-hybridized carbons (Fsp3) is 0.538. The first-order valence-electron chi connectivity index (χ1n) is 6.08. The van der Waals surface area contributed by atoms with E-state index in [-0.39, 0.29) is 24.7 Å². The van der Waals surface area contributed by atoms with Crippen molar-refractivity contribution in [3.05, 3.63) is 29.6 Å². The van der Waals surface area contributed by atoms with Crippen LogP contribution in [0.3, 0.4) is 0 Å². The zero-order valence-electron chi connectivity index (χ0n) is 10.7. The number of nitrogens with zero attached hydrogens (tertiary/aromatic N) is 2. The van der Waals surface area contributed by atoms with E-state index < -0.39 is 0 Å². The topological polar surface area (TPSA) is 62.7 Å². The molecule has 1 amide bonds. The first-order chi connectivity index (χ1) is 8.60. The van der Waals surface area contributed by atoms with Crippen LogP contribution in [0.1, 0.15) is 23.0 Å². The van der Waals surface area contributed by atoms with E-state index in [1.165, 1.54) is 0 Å². The molecule has 1 fully saturated rings. The number of hydrogen-bond acceptors (Lipinski definition) is 4. The fourth-order valence-electron chi connectivity index (χ4n) is 2.09. The molecular weight excluding hydrogens is 232 g/mol. The Morgan fingerprint density at radius 2 is 2.33 bits per heavy atom. The molecule has 2 atom stereocenters. The van der Waals surface area contributed by atoms with Gasteiger partial charge in [0.25, 0.3) is 5.91 Å². The van der Waals surface area contributed by atoms with Crippen LogP contribution in [0.15, 0.2) is 18.3 Å². The molecule has 0 aromatic carbocycles. The van der Waals surface area contributed by atoms with Gasteiger partial charge in [-0.25, -0.2) is 0 Å². The summed E-state index contributed by atoms with van der Waals surface area (Å²) in [5.41, 5.74) is 1.46. The average molecular weight is 250 g/mol. The van der Waals surface area contributed by atoms with Gasteiger partial charge in [-0.15, -0.1) is 0 Å². The number of amides is 1. The largest absolute Gasteiger partial charge is 0.394 e. The van der Waals surface area contributed by atoms with Gasteiger partial charge in [0.1, 0.15) is 0 Å². The Morgan fingerprint density at radius 1 is 1.56 bits per heavy atom. The number of aliphatic hydroxyl groups is 1. The molecular formula is C13H18N2O3. The summed E-state index contributed by atoms with van der Waals surface area (Å²) >= 11 is 0. The van der Waals surface area contributed by atoms with Crippen LogP contribution in [0.5, 0.6) is 0 Å². The van der Waals surface area contributed by atoms with Crippen LogP contribution >= 0.6 is 0 Å². The number of hydrogen-bond donors (Lipinski definition) is 1. The third-order valence-electron chi connectivity index (χ3n) is 2.98. The van der Waals surface area contributed by atoms with Crippen molar-refractivity contribution in [2.24, 2.45) is 0 Å². The van der Waals surface area contributed by atoms with Crippen molar-refractivity contribution >= 4 is 5.91 Å². The second-order valence-electron chi connectivity index (χ2n) is 4.65. The average Bonchev–Trinajstić information content (AvgIpc) is 2.38. The van der Waals surface area contributed by atoms with E-state index in [0.717, 1.165) is 5.69 Å². The van der Waals surface area contributed by atoms with Gasteiger partial charge in [-0.1, -0.05) is 0 Å². The van der Waals surface area contributed by atoms with Gasteiger partial charge in [0, 0.05) is 25.0 Å². The SMILES string of the molecule is Cc1ccc(C(=O)N2CC(C)OC(CO)C2)cn1. The predicted octanol–water partition coefficient (Wildman–Crippen LogP) is 0.612. The maximum Gasteiger partial charge on any atom is 0.255 e. The van der Waals surface area contributed by atoms with E-state index in [1.807, 2.05) is 19.9 Å². The normalized spacial score (nSPS) is 24.1. The van der Waals surface area contributed by atoms with E-state index in [4.69, 9.17) is 9.84 Å². The number of aromatic nitrogens is 1. The van der Waals surface area contributed by atoms with Gasteiger partial charge in [0.2, 0.25) is 0 Å². The molecule has 2 heterocycles. The van der Waals surface area contributed by atoms with Crippen LogP contribution in [-0.2, 0) is 4.74 Å². The third kappa shape index (κ3) is 2.86. The lowest BCUT2D eigenvalue weighted by Crippen LogP contribution is -2.50. The molecule has 0 radical (unpaired) electrons. The lowest BCUT2D eigenvalue weighted by atomic mass is 10.1. The molecule has 18 heavy (non-hydrogen) atoms. The molecule has 0 spiro atoms. The van der Waals surface area contributed by atoms with E-state index in [1.54, 1.807) is 17.2 Å².